The monoisotopic (exact) mass is 279 g/mol. The topological polar surface area (TPSA) is 29.1 Å². The molecule has 0 aromatic heterocycles. The van der Waals surface area contributed by atoms with Gasteiger partial charge in [0.05, 0.1) is 5.54 Å². The van der Waals surface area contributed by atoms with Crippen LogP contribution in [0.4, 0.5) is 0 Å². The van der Waals surface area contributed by atoms with E-state index in [-0.39, 0.29) is 11.4 Å². The predicted molar refractivity (Wildman–Crippen MR) is 79.9 cm³/mol. The van der Waals surface area contributed by atoms with Crippen LogP contribution in [0.3, 0.4) is 0 Å². The van der Waals surface area contributed by atoms with Crippen molar-refractivity contribution in [3.8, 4) is 0 Å². The van der Waals surface area contributed by atoms with E-state index in [1.54, 1.807) is 0 Å². The van der Waals surface area contributed by atoms with Crippen LogP contribution in [0, 0.1) is 13.8 Å². The van der Waals surface area contributed by atoms with Gasteiger partial charge in [-0.25, -0.2) is 0 Å². The van der Waals surface area contributed by atoms with Crippen LogP contribution in [0.25, 0.3) is 0 Å². The Bertz CT molecular complexity index is 464. The molecule has 3 heteroatoms. The van der Waals surface area contributed by atoms with Crippen LogP contribution in [0.5, 0.6) is 0 Å². The Morgan fingerprint density at radius 2 is 1.95 bits per heavy atom. The number of hydrogen-bond donors (Lipinski definition) is 1. The van der Waals surface area contributed by atoms with Crippen molar-refractivity contribution >= 4 is 17.5 Å². The smallest absolute Gasteiger partial charge is 0.252 e. The number of carbonyl (C=O) groups excluding carboxylic acids is 1. The second-order valence-corrected chi connectivity index (χ2v) is 6.01. The van der Waals surface area contributed by atoms with Crippen molar-refractivity contribution in [2.24, 2.45) is 0 Å². The highest BCUT2D eigenvalue weighted by molar-refractivity contribution is 6.19. The molecule has 1 aromatic carbocycles. The van der Waals surface area contributed by atoms with Gasteiger partial charge in [-0.05, 0) is 38.3 Å². The molecule has 0 radical (unpaired) electrons. The number of hydrogen-bond acceptors (Lipinski definition) is 1. The van der Waals surface area contributed by atoms with E-state index in [2.05, 4.69) is 5.32 Å². The third-order valence-corrected chi connectivity index (χ3v) is 4.59. The largest absolute Gasteiger partial charge is 0.345 e. The summed E-state index contributed by atoms with van der Waals surface area (Å²) in [6.07, 6.45) is 5.54. The summed E-state index contributed by atoms with van der Waals surface area (Å²) in [5.41, 5.74) is 2.70. The van der Waals surface area contributed by atoms with Gasteiger partial charge in [0.25, 0.3) is 5.91 Å². The highest BCUT2D eigenvalue weighted by atomic mass is 35.5. The number of benzene rings is 1. The Labute approximate surface area is 120 Å². The van der Waals surface area contributed by atoms with E-state index in [0.29, 0.717) is 5.88 Å². The molecule has 0 heterocycles. The number of amides is 1. The standard InChI is InChI=1S/C16H22ClNO/c1-12-6-7-13(2)14(10-12)15(19)18-16(11-17)8-4-3-5-9-16/h6-7,10H,3-5,8-9,11H2,1-2H3,(H,18,19). The summed E-state index contributed by atoms with van der Waals surface area (Å²) in [5, 5.41) is 3.20. The lowest BCUT2D eigenvalue weighted by molar-refractivity contribution is 0.0884. The zero-order valence-corrected chi connectivity index (χ0v) is 12.5. The Morgan fingerprint density at radius 1 is 1.26 bits per heavy atom. The van der Waals surface area contributed by atoms with E-state index in [0.717, 1.165) is 42.4 Å². The fourth-order valence-corrected chi connectivity index (χ4v) is 3.14. The molecule has 1 aliphatic carbocycles. The average Bonchev–Trinajstić information content (AvgIpc) is 2.42. The number of carbonyl (C=O) groups is 1. The molecular formula is C16H22ClNO. The number of nitrogens with one attached hydrogen (secondary N) is 1. The molecule has 0 saturated heterocycles. The van der Waals surface area contributed by atoms with Crippen LogP contribution in [-0.4, -0.2) is 17.3 Å². The van der Waals surface area contributed by atoms with Crippen LogP contribution >= 0.6 is 11.6 Å². The van der Waals surface area contributed by atoms with Crippen molar-refractivity contribution < 1.29 is 4.79 Å². The molecule has 0 aliphatic heterocycles. The Morgan fingerprint density at radius 3 is 2.58 bits per heavy atom. The van der Waals surface area contributed by atoms with E-state index in [9.17, 15) is 4.79 Å². The van der Waals surface area contributed by atoms with Crippen molar-refractivity contribution in [1.82, 2.24) is 5.32 Å². The van der Waals surface area contributed by atoms with Crippen molar-refractivity contribution in [2.45, 2.75) is 51.5 Å². The van der Waals surface area contributed by atoms with Crippen molar-refractivity contribution in [1.29, 1.82) is 0 Å². The molecule has 1 saturated carbocycles. The van der Waals surface area contributed by atoms with E-state index in [4.69, 9.17) is 11.6 Å². The first-order chi connectivity index (χ1) is 9.06. The van der Waals surface area contributed by atoms with Crippen LogP contribution in [0.1, 0.15) is 53.6 Å². The lowest BCUT2D eigenvalue weighted by Crippen LogP contribution is -2.51. The SMILES string of the molecule is Cc1ccc(C)c(C(=O)NC2(CCl)CCCCC2)c1. The van der Waals surface area contributed by atoms with Gasteiger partial charge < -0.3 is 5.32 Å². The van der Waals surface area contributed by atoms with Gasteiger partial charge in [-0.15, -0.1) is 11.6 Å². The first kappa shape index (κ1) is 14.4. The molecule has 0 atom stereocenters. The molecule has 1 N–H and O–H groups in total. The number of rotatable bonds is 3. The van der Waals surface area contributed by atoms with E-state index < -0.39 is 0 Å². The van der Waals surface area contributed by atoms with Crippen LogP contribution < -0.4 is 5.32 Å². The quantitative estimate of drug-likeness (QED) is 0.833. The van der Waals surface area contributed by atoms with Gasteiger partial charge in [0, 0.05) is 11.4 Å². The molecule has 1 aliphatic rings. The number of halogens is 1. The summed E-state index contributed by atoms with van der Waals surface area (Å²) in [7, 11) is 0. The summed E-state index contributed by atoms with van der Waals surface area (Å²) in [5.74, 6) is 0.521. The summed E-state index contributed by atoms with van der Waals surface area (Å²) in [6, 6.07) is 5.98. The van der Waals surface area contributed by atoms with Crippen molar-refractivity contribution in [2.75, 3.05) is 5.88 Å². The molecule has 0 unspecified atom stereocenters. The molecule has 104 valence electrons. The molecule has 0 bridgehead atoms. The van der Waals surface area contributed by atoms with Gasteiger partial charge >= 0.3 is 0 Å². The van der Waals surface area contributed by atoms with Crippen LogP contribution in [0.2, 0.25) is 0 Å². The van der Waals surface area contributed by atoms with Crippen molar-refractivity contribution in [3.63, 3.8) is 0 Å². The predicted octanol–water partition coefficient (Wildman–Crippen LogP) is 3.97. The molecule has 19 heavy (non-hydrogen) atoms. The second kappa shape index (κ2) is 5.96. The van der Waals surface area contributed by atoms with Gasteiger partial charge in [-0.1, -0.05) is 37.0 Å². The maximum atomic E-state index is 12.5. The molecule has 1 fully saturated rings. The Hall–Kier alpha value is -1.02. The van der Waals surface area contributed by atoms with Gasteiger partial charge in [0.2, 0.25) is 0 Å². The summed E-state index contributed by atoms with van der Waals surface area (Å²) in [6.45, 7) is 3.98. The first-order valence-corrected chi connectivity index (χ1v) is 7.55. The summed E-state index contributed by atoms with van der Waals surface area (Å²) < 4.78 is 0. The minimum Gasteiger partial charge on any atom is -0.345 e. The zero-order valence-electron chi connectivity index (χ0n) is 11.8. The average molecular weight is 280 g/mol. The zero-order chi connectivity index (χ0) is 13.9. The minimum atomic E-state index is -0.201. The van der Waals surface area contributed by atoms with Crippen LogP contribution in [-0.2, 0) is 0 Å². The number of aryl methyl sites for hydroxylation is 2. The Balaban J connectivity index is 2.17. The molecule has 1 amide bonds. The molecule has 2 rings (SSSR count). The third kappa shape index (κ3) is 3.30. The van der Waals surface area contributed by atoms with E-state index in [1.807, 2.05) is 32.0 Å². The van der Waals surface area contributed by atoms with Gasteiger partial charge in [0.1, 0.15) is 0 Å². The minimum absolute atomic E-state index is 0.0174. The lowest BCUT2D eigenvalue weighted by atomic mass is 9.83. The third-order valence-electron chi connectivity index (χ3n) is 4.08. The molecular weight excluding hydrogens is 258 g/mol. The highest BCUT2D eigenvalue weighted by Crippen LogP contribution is 2.29. The van der Waals surface area contributed by atoms with Gasteiger partial charge in [0.15, 0.2) is 0 Å². The second-order valence-electron chi connectivity index (χ2n) is 5.75. The summed E-state index contributed by atoms with van der Waals surface area (Å²) in [4.78, 5) is 12.5. The molecule has 2 nitrogen and oxygen atoms in total. The molecule has 0 spiro atoms. The molecule has 1 aromatic rings. The lowest BCUT2D eigenvalue weighted by Gasteiger charge is -2.36. The van der Waals surface area contributed by atoms with Crippen molar-refractivity contribution in [3.05, 3.63) is 34.9 Å². The van der Waals surface area contributed by atoms with E-state index >= 15 is 0 Å². The summed E-state index contributed by atoms with van der Waals surface area (Å²) >= 11 is 6.12. The first-order valence-electron chi connectivity index (χ1n) is 7.02. The fourth-order valence-electron chi connectivity index (χ4n) is 2.81. The van der Waals surface area contributed by atoms with E-state index in [1.165, 1.54) is 6.42 Å². The normalized spacial score (nSPS) is 18.1. The maximum Gasteiger partial charge on any atom is 0.252 e. The fraction of sp³-hybridized carbons (Fsp3) is 0.562. The van der Waals surface area contributed by atoms with Gasteiger partial charge in [-0.2, -0.15) is 0 Å². The number of alkyl halides is 1. The van der Waals surface area contributed by atoms with Gasteiger partial charge in [-0.3, -0.25) is 4.79 Å². The Kier molecular flexibility index (Phi) is 4.51. The highest BCUT2D eigenvalue weighted by Gasteiger charge is 2.33. The van der Waals surface area contributed by atoms with Crippen LogP contribution in [0.15, 0.2) is 18.2 Å². The maximum absolute atomic E-state index is 12.5.